The molecular formula is C16H15FO2. The molecule has 2 aromatic rings. The quantitative estimate of drug-likeness (QED) is 0.889. The first-order valence-electron chi connectivity index (χ1n) is 6.17. The van der Waals surface area contributed by atoms with Crippen LogP contribution in [0, 0.1) is 5.82 Å². The standard InChI is InChI=1S/C16H15FO2/c17-15-9-5-4-8-13(15)10-14(11-16(18)19)12-6-2-1-3-7-12/h1-9,14H,10-11H2,(H,18,19). The summed E-state index contributed by atoms with van der Waals surface area (Å²) in [5.74, 6) is -1.37. The summed E-state index contributed by atoms with van der Waals surface area (Å²) in [4.78, 5) is 11.0. The first-order valence-corrected chi connectivity index (χ1v) is 6.17. The van der Waals surface area contributed by atoms with Crippen molar-refractivity contribution in [1.82, 2.24) is 0 Å². The summed E-state index contributed by atoms with van der Waals surface area (Å²) in [6.07, 6.45) is 0.390. The van der Waals surface area contributed by atoms with Crippen molar-refractivity contribution < 1.29 is 14.3 Å². The molecule has 2 aromatic carbocycles. The first kappa shape index (κ1) is 13.3. The summed E-state index contributed by atoms with van der Waals surface area (Å²) in [6, 6.07) is 15.9. The highest BCUT2D eigenvalue weighted by Gasteiger charge is 2.17. The van der Waals surface area contributed by atoms with E-state index in [1.807, 2.05) is 30.3 Å². The summed E-state index contributed by atoms with van der Waals surface area (Å²) in [6.45, 7) is 0. The zero-order valence-electron chi connectivity index (χ0n) is 10.4. The predicted octanol–water partition coefficient (Wildman–Crippen LogP) is 3.63. The maximum atomic E-state index is 13.7. The molecule has 0 aliphatic rings. The lowest BCUT2D eigenvalue weighted by Crippen LogP contribution is -2.10. The van der Waals surface area contributed by atoms with Crippen molar-refractivity contribution in [3.05, 3.63) is 71.5 Å². The van der Waals surface area contributed by atoms with Gasteiger partial charge in [-0.25, -0.2) is 4.39 Å². The van der Waals surface area contributed by atoms with Gasteiger partial charge in [-0.3, -0.25) is 4.79 Å². The molecule has 1 N–H and O–H groups in total. The van der Waals surface area contributed by atoms with Gasteiger partial charge < -0.3 is 5.11 Å². The Balaban J connectivity index is 2.24. The fraction of sp³-hybridized carbons (Fsp3) is 0.188. The van der Waals surface area contributed by atoms with Gasteiger partial charge >= 0.3 is 5.97 Å². The van der Waals surface area contributed by atoms with E-state index in [-0.39, 0.29) is 18.2 Å². The molecule has 98 valence electrons. The van der Waals surface area contributed by atoms with Crippen LogP contribution in [-0.2, 0) is 11.2 Å². The van der Waals surface area contributed by atoms with Gasteiger partial charge in [0, 0.05) is 0 Å². The van der Waals surface area contributed by atoms with Gasteiger partial charge in [-0.2, -0.15) is 0 Å². The normalized spacial score (nSPS) is 12.1. The van der Waals surface area contributed by atoms with Crippen molar-refractivity contribution in [1.29, 1.82) is 0 Å². The Kier molecular flexibility index (Phi) is 4.29. The second-order valence-corrected chi connectivity index (χ2v) is 4.50. The van der Waals surface area contributed by atoms with Crippen LogP contribution in [0.15, 0.2) is 54.6 Å². The van der Waals surface area contributed by atoms with Crippen LogP contribution in [0.4, 0.5) is 4.39 Å². The minimum atomic E-state index is -0.870. The second kappa shape index (κ2) is 6.14. The average Bonchev–Trinajstić information content (AvgIpc) is 2.41. The van der Waals surface area contributed by atoms with Crippen LogP contribution in [-0.4, -0.2) is 11.1 Å². The van der Waals surface area contributed by atoms with E-state index in [0.29, 0.717) is 12.0 Å². The van der Waals surface area contributed by atoms with Crippen LogP contribution in [0.5, 0.6) is 0 Å². The fourth-order valence-corrected chi connectivity index (χ4v) is 2.17. The van der Waals surface area contributed by atoms with Crippen molar-refractivity contribution in [3.63, 3.8) is 0 Å². The fourth-order valence-electron chi connectivity index (χ4n) is 2.17. The Hall–Kier alpha value is -2.16. The van der Waals surface area contributed by atoms with Crippen molar-refractivity contribution in [2.24, 2.45) is 0 Å². The van der Waals surface area contributed by atoms with Crippen LogP contribution < -0.4 is 0 Å². The molecule has 2 rings (SSSR count). The van der Waals surface area contributed by atoms with Crippen LogP contribution in [0.25, 0.3) is 0 Å². The molecule has 0 saturated heterocycles. The van der Waals surface area contributed by atoms with E-state index in [1.165, 1.54) is 6.07 Å². The molecule has 0 aliphatic heterocycles. The SMILES string of the molecule is O=C(O)CC(Cc1ccccc1F)c1ccccc1. The number of hydrogen-bond donors (Lipinski definition) is 1. The number of halogens is 1. The Bertz CT molecular complexity index is 552. The molecule has 0 aliphatic carbocycles. The van der Waals surface area contributed by atoms with Gasteiger partial charge in [0.25, 0.3) is 0 Å². The number of rotatable bonds is 5. The molecular weight excluding hydrogens is 243 g/mol. The van der Waals surface area contributed by atoms with Crippen LogP contribution >= 0.6 is 0 Å². The third-order valence-corrected chi connectivity index (χ3v) is 3.12. The third kappa shape index (κ3) is 3.65. The molecule has 0 bridgehead atoms. The van der Waals surface area contributed by atoms with E-state index in [1.54, 1.807) is 18.2 Å². The number of carboxylic acid groups (broad SMARTS) is 1. The summed E-state index contributed by atoms with van der Waals surface area (Å²) in [5.41, 5.74) is 1.48. The minimum absolute atomic E-state index is 0.00164. The van der Waals surface area contributed by atoms with E-state index < -0.39 is 5.97 Å². The van der Waals surface area contributed by atoms with E-state index in [9.17, 15) is 9.18 Å². The van der Waals surface area contributed by atoms with Gasteiger partial charge in [0.1, 0.15) is 5.82 Å². The lowest BCUT2D eigenvalue weighted by Gasteiger charge is -2.15. The highest BCUT2D eigenvalue weighted by molar-refractivity contribution is 5.68. The van der Waals surface area contributed by atoms with Crippen LogP contribution in [0.1, 0.15) is 23.5 Å². The van der Waals surface area contributed by atoms with Crippen molar-refractivity contribution in [2.75, 3.05) is 0 Å². The Morgan fingerprint density at radius 2 is 1.68 bits per heavy atom. The first-order chi connectivity index (χ1) is 9.16. The summed E-state index contributed by atoms with van der Waals surface area (Å²) >= 11 is 0. The maximum Gasteiger partial charge on any atom is 0.303 e. The van der Waals surface area contributed by atoms with Crippen molar-refractivity contribution in [2.45, 2.75) is 18.8 Å². The predicted molar refractivity (Wildman–Crippen MR) is 71.5 cm³/mol. The number of benzene rings is 2. The topological polar surface area (TPSA) is 37.3 Å². The smallest absolute Gasteiger partial charge is 0.303 e. The van der Waals surface area contributed by atoms with E-state index in [2.05, 4.69) is 0 Å². The highest BCUT2D eigenvalue weighted by Crippen LogP contribution is 2.25. The van der Waals surface area contributed by atoms with Gasteiger partial charge in [-0.15, -0.1) is 0 Å². The Morgan fingerprint density at radius 1 is 1.05 bits per heavy atom. The van der Waals surface area contributed by atoms with Crippen molar-refractivity contribution >= 4 is 5.97 Å². The van der Waals surface area contributed by atoms with Gasteiger partial charge in [0.2, 0.25) is 0 Å². The van der Waals surface area contributed by atoms with Crippen LogP contribution in [0.2, 0.25) is 0 Å². The molecule has 1 atom stereocenters. The van der Waals surface area contributed by atoms with Crippen LogP contribution in [0.3, 0.4) is 0 Å². The van der Waals surface area contributed by atoms with Gasteiger partial charge in [-0.1, -0.05) is 48.5 Å². The van der Waals surface area contributed by atoms with E-state index >= 15 is 0 Å². The molecule has 19 heavy (non-hydrogen) atoms. The molecule has 3 heteroatoms. The maximum absolute atomic E-state index is 13.7. The monoisotopic (exact) mass is 258 g/mol. The molecule has 0 amide bonds. The zero-order valence-corrected chi connectivity index (χ0v) is 10.4. The van der Waals surface area contributed by atoms with E-state index in [4.69, 9.17) is 5.11 Å². The Morgan fingerprint density at radius 3 is 2.32 bits per heavy atom. The number of carbonyl (C=O) groups is 1. The van der Waals surface area contributed by atoms with Crippen molar-refractivity contribution in [3.8, 4) is 0 Å². The molecule has 0 radical (unpaired) electrons. The highest BCUT2D eigenvalue weighted by atomic mass is 19.1. The zero-order chi connectivity index (χ0) is 13.7. The van der Waals surface area contributed by atoms with Gasteiger partial charge in [0.15, 0.2) is 0 Å². The molecule has 0 fully saturated rings. The molecule has 0 aromatic heterocycles. The van der Waals surface area contributed by atoms with Gasteiger partial charge in [-0.05, 0) is 29.5 Å². The number of hydrogen-bond acceptors (Lipinski definition) is 1. The average molecular weight is 258 g/mol. The second-order valence-electron chi connectivity index (χ2n) is 4.50. The Labute approximate surface area is 111 Å². The number of aliphatic carboxylic acids is 1. The molecule has 1 unspecified atom stereocenters. The molecule has 2 nitrogen and oxygen atoms in total. The molecule has 0 spiro atoms. The number of carboxylic acids is 1. The largest absolute Gasteiger partial charge is 0.481 e. The third-order valence-electron chi connectivity index (χ3n) is 3.12. The summed E-state index contributed by atoms with van der Waals surface area (Å²) in [7, 11) is 0. The summed E-state index contributed by atoms with van der Waals surface area (Å²) < 4.78 is 13.7. The van der Waals surface area contributed by atoms with E-state index in [0.717, 1.165) is 5.56 Å². The molecule has 0 saturated carbocycles. The summed E-state index contributed by atoms with van der Waals surface area (Å²) in [5, 5.41) is 9.00. The lowest BCUT2D eigenvalue weighted by atomic mass is 9.89. The minimum Gasteiger partial charge on any atom is -0.481 e. The lowest BCUT2D eigenvalue weighted by molar-refractivity contribution is -0.137. The molecule has 0 heterocycles. The van der Waals surface area contributed by atoms with Gasteiger partial charge in [0.05, 0.1) is 6.42 Å².